The minimum atomic E-state index is -0.0787. The molecule has 0 aliphatic carbocycles. The van der Waals surface area contributed by atoms with Crippen LogP contribution in [0.1, 0.15) is 181 Å². The average molecular weight is 692 g/mol. The number of esters is 2. The lowest BCUT2D eigenvalue weighted by molar-refractivity contribution is -0.143. The maximum absolute atomic E-state index is 12.0. The summed E-state index contributed by atoms with van der Waals surface area (Å²) in [5.74, 6) is -0.157. The van der Waals surface area contributed by atoms with Gasteiger partial charge in [-0.2, -0.15) is 0 Å². The van der Waals surface area contributed by atoms with E-state index in [1.54, 1.807) is 0 Å². The van der Waals surface area contributed by atoms with Gasteiger partial charge in [0.15, 0.2) is 0 Å². The van der Waals surface area contributed by atoms with Crippen molar-refractivity contribution in [2.24, 2.45) is 0 Å². The number of unbranched alkanes of at least 4 members (excludes halogenated alkanes) is 16. The van der Waals surface area contributed by atoms with Crippen molar-refractivity contribution < 1.29 is 28.5 Å². The molecule has 0 aromatic rings. The number of likely N-dealkylation sites (tertiary alicyclic amines) is 1. The van der Waals surface area contributed by atoms with E-state index in [-0.39, 0.29) is 18.0 Å². The summed E-state index contributed by atoms with van der Waals surface area (Å²) < 4.78 is 22.8. The van der Waals surface area contributed by atoms with Gasteiger partial charge >= 0.3 is 11.9 Å². The van der Waals surface area contributed by atoms with Crippen molar-refractivity contribution >= 4 is 11.9 Å². The molecule has 0 bridgehead atoms. The van der Waals surface area contributed by atoms with Crippen LogP contribution in [0.15, 0.2) is 24.3 Å². The zero-order valence-electron chi connectivity index (χ0n) is 32.1. The Morgan fingerprint density at radius 2 is 1.06 bits per heavy atom. The van der Waals surface area contributed by atoms with Gasteiger partial charge in [0.25, 0.3) is 0 Å². The molecule has 1 heterocycles. The molecule has 1 aliphatic rings. The SMILES string of the molecule is CCCCCCC=CCOC(=O)CCCCCCCC(CCCCCCCC(=O)OCC=CCCCCCC)OCOCCN1CCCC1. The van der Waals surface area contributed by atoms with Gasteiger partial charge in [-0.3, -0.25) is 9.59 Å². The molecule has 1 fully saturated rings. The van der Waals surface area contributed by atoms with E-state index in [0.717, 1.165) is 103 Å². The highest BCUT2D eigenvalue weighted by molar-refractivity contribution is 5.69. The van der Waals surface area contributed by atoms with E-state index in [9.17, 15) is 9.59 Å². The minimum Gasteiger partial charge on any atom is -0.461 e. The Hall–Kier alpha value is -1.70. The Bertz CT molecular complexity index is 742. The Kier molecular flexibility index (Phi) is 33.4. The quantitative estimate of drug-likeness (QED) is 0.0280. The fourth-order valence-corrected chi connectivity index (χ4v) is 6.23. The van der Waals surface area contributed by atoms with Gasteiger partial charge in [-0.15, -0.1) is 0 Å². The highest BCUT2D eigenvalue weighted by atomic mass is 16.7. The van der Waals surface area contributed by atoms with Crippen LogP contribution in [-0.4, -0.2) is 69.2 Å². The molecule has 7 heteroatoms. The predicted octanol–water partition coefficient (Wildman–Crippen LogP) is 11.0. The molecule has 0 aromatic heterocycles. The van der Waals surface area contributed by atoms with Gasteiger partial charge < -0.3 is 23.8 Å². The largest absolute Gasteiger partial charge is 0.461 e. The van der Waals surface area contributed by atoms with Crippen LogP contribution < -0.4 is 0 Å². The summed E-state index contributed by atoms with van der Waals surface area (Å²) in [5.41, 5.74) is 0. The lowest BCUT2D eigenvalue weighted by atomic mass is 10.0. The van der Waals surface area contributed by atoms with Gasteiger partial charge in [-0.05, 0) is 77.3 Å². The summed E-state index contributed by atoms with van der Waals surface area (Å²) in [6.45, 7) is 9.77. The van der Waals surface area contributed by atoms with E-state index in [1.807, 2.05) is 12.2 Å². The predicted molar refractivity (Wildman–Crippen MR) is 204 cm³/mol. The van der Waals surface area contributed by atoms with Crippen LogP contribution >= 0.6 is 0 Å². The van der Waals surface area contributed by atoms with Gasteiger partial charge in [-0.25, -0.2) is 0 Å². The highest BCUT2D eigenvalue weighted by Gasteiger charge is 2.12. The van der Waals surface area contributed by atoms with Gasteiger partial charge in [0.2, 0.25) is 0 Å². The number of ether oxygens (including phenoxy) is 4. The molecular formula is C42H77NO6. The lowest BCUT2D eigenvalue weighted by Crippen LogP contribution is -2.25. The topological polar surface area (TPSA) is 74.3 Å². The highest BCUT2D eigenvalue weighted by Crippen LogP contribution is 2.17. The maximum atomic E-state index is 12.0. The lowest BCUT2D eigenvalue weighted by Gasteiger charge is -2.19. The molecule has 0 spiro atoms. The monoisotopic (exact) mass is 692 g/mol. The minimum absolute atomic E-state index is 0.0787. The van der Waals surface area contributed by atoms with Crippen molar-refractivity contribution in [1.29, 1.82) is 0 Å². The Balaban J connectivity index is 2.13. The molecule has 49 heavy (non-hydrogen) atoms. The first-order valence-electron chi connectivity index (χ1n) is 20.7. The Labute approximate surface area is 302 Å². The molecule has 0 aromatic carbocycles. The third-order valence-corrected chi connectivity index (χ3v) is 9.41. The normalized spacial score (nSPS) is 14.3. The van der Waals surface area contributed by atoms with Crippen LogP contribution in [0.5, 0.6) is 0 Å². The maximum Gasteiger partial charge on any atom is 0.306 e. The standard InChI is InChI=1S/C42H77NO6/c1-3-5-7-9-11-19-27-36-47-41(44)31-23-17-13-15-21-29-40(49-39-46-38-35-43-33-25-26-34-43)30-22-16-14-18-24-32-42(45)48-37-28-20-12-10-8-6-4-2/h19-20,27-28,40H,3-18,21-26,29-39H2,1-2H3. The summed E-state index contributed by atoms with van der Waals surface area (Å²) in [5, 5.41) is 0. The van der Waals surface area contributed by atoms with Crippen molar-refractivity contribution in [3.05, 3.63) is 24.3 Å². The third kappa shape index (κ3) is 32.0. The molecule has 0 radical (unpaired) electrons. The van der Waals surface area contributed by atoms with Crippen molar-refractivity contribution in [1.82, 2.24) is 4.90 Å². The van der Waals surface area contributed by atoms with Gasteiger partial charge in [0.1, 0.15) is 20.0 Å². The molecular weight excluding hydrogens is 614 g/mol. The second kappa shape index (κ2) is 36.1. The molecule has 1 aliphatic heterocycles. The first-order valence-corrected chi connectivity index (χ1v) is 20.7. The summed E-state index contributed by atoms with van der Waals surface area (Å²) in [6, 6.07) is 0. The van der Waals surface area contributed by atoms with Crippen molar-refractivity contribution in [2.45, 2.75) is 187 Å². The van der Waals surface area contributed by atoms with E-state index < -0.39 is 0 Å². The summed E-state index contributed by atoms with van der Waals surface area (Å²) in [7, 11) is 0. The van der Waals surface area contributed by atoms with E-state index >= 15 is 0 Å². The number of carbonyl (C=O) groups is 2. The van der Waals surface area contributed by atoms with Gasteiger partial charge in [0, 0.05) is 19.4 Å². The van der Waals surface area contributed by atoms with E-state index in [4.69, 9.17) is 18.9 Å². The summed E-state index contributed by atoms with van der Waals surface area (Å²) >= 11 is 0. The van der Waals surface area contributed by atoms with Crippen LogP contribution in [0.25, 0.3) is 0 Å². The molecule has 0 amide bonds. The first-order chi connectivity index (χ1) is 24.2. The molecule has 0 atom stereocenters. The second-order valence-corrected chi connectivity index (χ2v) is 14.0. The molecule has 7 nitrogen and oxygen atoms in total. The fraction of sp³-hybridized carbons (Fsp3) is 0.857. The Morgan fingerprint density at radius 3 is 1.57 bits per heavy atom. The fourth-order valence-electron chi connectivity index (χ4n) is 6.23. The van der Waals surface area contributed by atoms with E-state index in [0.29, 0.717) is 32.8 Å². The zero-order valence-corrected chi connectivity index (χ0v) is 32.1. The number of allylic oxidation sites excluding steroid dienone is 2. The molecule has 286 valence electrons. The van der Waals surface area contributed by atoms with Crippen LogP contribution in [0.3, 0.4) is 0 Å². The number of hydrogen-bond acceptors (Lipinski definition) is 7. The molecule has 1 saturated heterocycles. The van der Waals surface area contributed by atoms with Crippen molar-refractivity contribution in [2.75, 3.05) is 46.2 Å². The van der Waals surface area contributed by atoms with Crippen LogP contribution in [0.4, 0.5) is 0 Å². The number of hydrogen-bond donors (Lipinski definition) is 0. The van der Waals surface area contributed by atoms with Crippen LogP contribution in [-0.2, 0) is 28.5 Å². The summed E-state index contributed by atoms with van der Waals surface area (Å²) in [4.78, 5) is 26.5. The molecule has 0 saturated carbocycles. The Morgan fingerprint density at radius 1 is 0.592 bits per heavy atom. The van der Waals surface area contributed by atoms with Crippen LogP contribution in [0.2, 0.25) is 0 Å². The van der Waals surface area contributed by atoms with Crippen LogP contribution in [0, 0.1) is 0 Å². The molecule has 0 N–H and O–H groups in total. The smallest absolute Gasteiger partial charge is 0.306 e. The van der Waals surface area contributed by atoms with E-state index in [1.165, 1.54) is 77.3 Å². The van der Waals surface area contributed by atoms with Gasteiger partial charge in [-0.1, -0.05) is 128 Å². The van der Waals surface area contributed by atoms with Crippen molar-refractivity contribution in [3.63, 3.8) is 0 Å². The van der Waals surface area contributed by atoms with Crippen molar-refractivity contribution in [3.8, 4) is 0 Å². The number of nitrogens with zero attached hydrogens (tertiary/aromatic N) is 1. The first kappa shape index (κ1) is 45.3. The zero-order chi connectivity index (χ0) is 35.3. The average Bonchev–Trinajstić information content (AvgIpc) is 3.63. The molecule has 1 rings (SSSR count). The second-order valence-electron chi connectivity index (χ2n) is 14.0. The summed E-state index contributed by atoms with van der Waals surface area (Å²) in [6.07, 6.45) is 37.3. The number of rotatable bonds is 36. The van der Waals surface area contributed by atoms with E-state index in [2.05, 4.69) is 30.9 Å². The van der Waals surface area contributed by atoms with Gasteiger partial charge in [0.05, 0.1) is 12.7 Å². The molecule has 0 unspecified atom stereocenters. The third-order valence-electron chi connectivity index (χ3n) is 9.41. The number of carbonyl (C=O) groups excluding carboxylic acids is 2.